The highest BCUT2D eigenvalue weighted by molar-refractivity contribution is 7.98. The van der Waals surface area contributed by atoms with Gasteiger partial charge in [0, 0.05) is 18.0 Å². The van der Waals surface area contributed by atoms with E-state index in [1.165, 1.54) is 18.9 Å². The van der Waals surface area contributed by atoms with Crippen LogP contribution in [0.2, 0.25) is 0 Å². The lowest BCUT2D eigenvalue weighted by Crippen LogP contribution is -2.55. The number of furan rings is 1. The molecular formula is C15H19N3O4S. The van der Waals surface area contributed by atoms with E-state index in [4.69, 9.17) is 9.15 Å². The summed E-state index contributed by atoms with van der Waals surface area (Å²) in [5, 5.41) is 7.40. The van der Waals surface area contributed by atoms with Crippen molar-refractivity contribution in [3.63, 3.8) is 0 Å². The number of hydrogen-bond acceptors (Lipinski definition) is 6. The molecule has 0 spiro atoms. The van der Waals surface area contributed by atoms with Crippen LogP contribution in [-0.2, 0) is 16.1 Å². The molecule has 2 rings (SSSR count). The number of hydrogen-bond donors (Lipinski definition) is 1. The first-order chi connectivity index (χ1) is 10.9. The van der Waals surface area contributed by atoms with Gasteiger partial charge in [0.15, 0.2) is 16.4 Å². The van der Waals surface area contributed by atoms with Crippen LogP contribution in [-0.4, -0.2) is 40.6 Å². The minimum Gasteiger partial charge on any atom is -0.467 e. The molecule has 124 valence electrons. The first kappa shape index (κ1) is 17.1. The van der Waals surface area contributed by atoms with E-state index in [0.29, 0.717) is 10.7 Å². The van der Waals surface area contributed by atoms with Gasteiger partial charge in [-0.2, -0.15) is 5.10 Å². The normalized spacial score (nSPS) is 13.4. The number of amides is 1. The van der Waals surface area contributed by atoms with Crippen LogP contribution in [0.1, 0.15) is 23.0 Å². The molecule has 2 heterocycles. The maximum Gasteiger partial charge on any atom is 0.333 e. The van der Waals surface area contributed by atoms with Crippen molar-refractivity contribution in [2.45, 2.75) is 31.0 Å². The van der Waals surface area contributed by atoms with Crippen LogP contribution in [0.5, 0.6) is 0 Å². The minimum absolute atomic E-state index is 0.146. The van der Waals surface area contributed by atoms with Crippen molar-refractivity contribution in [3.05, 3.63) is 35.9 Å². The second kappa shape index (κ2) is 6.91. The number of aromatic nitrogens is 2. The maximum absolute atomic E-state index is 12.5. The zero-order valence-electron chi connectivity index (χ0n) is 13.5. The summed E-state index contributed by atoms with van der Waals surface area (Å²) < 4.78 is 11.9. The lowest BCUT2D eigenvalue weighted by atomic mass is 10.0. The predicted octanol–water partition coefficient (Wildman–Crippen LogP) is 1.87. The highest BCUT2D eigenvalue weighted by Gasteiger charge is 2.38. The summed E-state index contributed by atoms with van der Waals surface area (Å²) in [7, 11) is 1.28. The topological polar surface area (TPSA) is 86.4 Å². The summed E-state index contributed by atoms with van der Waals surface area (Å²) in [6.07, 6.45) is 5.16. The molecule has 0 radical (unpaired) electrons. The van der Waals surface area contributed by atoms with Crippen LogP contribution in [0, 0.1) is 6.92 Å². The van der Waals surface area contributed by atoms with E-state index in [9.17, 15) is 9.59 Å². The van der Waals surface area contributed by atoms with E-state index in [-0.39, 0.29) is 12.3 Å². The molecule has 0 bridgehead atoms. The number of aryl methyl sites for hydroxylation is 1. The summed E-state index contributed by atoms with van der Waals surface area (Å²) in [5.41, 5.74) is -0.561. The van der Waals surface area contributed by atoms with Crippen molar-refractivity contribution in [1.29, 1.82) is 0 Å². The van der Waals surface area contributed by atoms with Gasteiger partial charge in [0.2, 0.25) is 0 Å². The standard InChI is InChI=1S/C15H19N3O4S/c1-10-8-11(23-4)22-12(10)13(19)17-15(2,14(20)21-3)9-18-7-5-6-16-18/h5-8H,9H2,1-4H3,(H,17,19). The molecular weight excluding hydrogens is 318 g/mol. The van der Waals surface area contributed by atoms with Gasteiger partial charge >= 0.3 is 5.97 Å². The largest absolute Gasteiger partial charge is 0.467 e. The average Bonchev–Trinajstić information content (AvgIpc) is 3.15. The van der Waals surface area contributed by atoms with Gasteiger partial charge in [-0.25, -0.2) is 4.79 Å². The van der Waals surface area contributed by atoms with E-state index >= 15 is 0 Å². The third-order valence-electron chi connectivity index (χ3n) is 3.37. The summed E-state index contributed by atoms with van der Waals surface area (Å²) in [6.45, 7) is 3.51. The molecule has 2 aromatic rings. The number of carbonyl (C=O) groups is 2. The Kier molecular flexibility index (Phi) is 5.15. The fraction of sp³-hybridized carbons (Fsp3) is 0.400. The number of esters is 1. The highest BCUT2D eigenvalue weighted by atomic mass is 32.2. The van der Waals surface area contributed by atoms with Crippen LogP contribution < -0.4 is 5.32 Å². The molecule has 7 nitrogen and oxygen atoms in total. The van der Waals surface area contributed by atoms with Crippen molar-refractivity contribution < 1.29 is 18.7 Å². The molecule has 1 N–H and O–H groups in total. The summed E-state index contributed by atoms with van der Waals surface area (Å²) in [4.78, 5) is 24.7. The molecule has 1 atom stereocenters. The molecule has 0 aromatic carbocycles. The van der Waals surface area contributed by atoms with Crippen molar-refractivity contribution in [3.8, 4) is 0 Å². The Bertz CT molecular complexity index is 696. The molecule has 0 aliphatic carbocycles. The molecule has 23 heavy (non-hydrogen) atoms. The first-order valence-corrected chi connectivity index (χ1v) is 8.15. The van der Waals surface area contributed by atoms with E-state index in [2.05, 4.69) is 10.4 Å². The lowest BCUT2D eigenvalue weighted by molar-refractivity contribution is -0.148. The second-order valence-corrected chi connectivity index (χ2v) is 6.07. The fourth-order valence-electron chi connectivity index (χ4n) is 2.18. The lowest BCUT2D eigenvalue weighted by Gasteiger charge is -2.27. The predicted molar refractivity (Wildman–Crippen MR) is 85.3 cm³/mol. The molecule has 0 aliphatic rings. The van der Waals surface area contributed by atoms with Crippen LogP contribution >= 0.6 is 11.8 Å². The molecule has 1 amide bonds. The van der Waals surface area contributed by atoms with Gasteiger partial charge in [-0.1, -0.05) is 11.8 Å². The molecule has 1 unspecified atom stereocenters. The summed E-state index contributed by atoms with van der Waals surface area (Å²) in [6, 6.07) is 3.52. The van der Waals surface area contributed by atoms with Gasteiger partial charge in [0.25, 0.3) is 5.91 Å². The Labute approximate surface area is 138 Å². The molecule has 8 heteroatoms. The van der Waals surface area contributed by atoms with E-state index in [1.807, 2.05) is 6.26 Å². The fourth-order valence-corrected chi connectivity index (χ4v) is 2.65. The molecule has 2 aromatic heterocycles. The zero-order valence-corrected chi connectivity index (χ0v) is 14.3. The molecule has 0 saturated carbocycles. The van der Waals surface area contributed by atoms with Crippen molar-refractivity contribution >= 4 is 23.6 Å². The quantitative estimate of drug-likeness (QED) is 0.640. The number of carbonyl (C=O) groups excluding carboxylic acids is 2. The van der Waals surface area contributed by atoms with E-state index in [1.54, 1.807) is 43.1 Å². The smallest absolute Gasteiger partial charge is 0.333 e. The van der Waals surface area contributed by atoms with Crippen LogP contribution in [0.25, 0.3) is 0 Å². The van der Waals surface area contributed by atoms with Crippen molar-refractivity contribution in [2.24, 2.45) is 0 Å². The number of nitrogens with zero attached hydrogens (tertiary/aromatic N) is 2. The molecule has 0 fully saturated rings. The van der Waals surface area contributed by atoms with Crippen LogP contribution in [0.3, 0.4) is 0 Å². The number of ether oxygens (including phenoxy) is 1. The van der Waals surface area contributed by atoms with Crippen LogP contribution in [0.15, 0.2) is 34.0 Å². The number of nitrogens with one attached hydrogen (secondary N) is 1. The Morgan fingerprint density at radius 2 is 2.26 bits per heavy atom. The van der Waals surface area contributed by atoms with Gasteiger partial charge in [0.1, 0.15) is 0 Å². The maximum atomic E-state index is 12.5. The summed E-state index contributed by atoms with van der Waals surface area (Å²) in [5.74, 6) is -0.844. The number of methoxy groups -OCH3 is 1. The second-order valence-electron chi connectivity index (χ2n) is 5.26. The molecule has 0 aliphatic heterocycles. The first-order valence-electron chi connectivity index (χ1n) is 6.92. The van der Waals surface area contributed by atoms with E-state index in [0.717, 1.165) is 0 Å². The highest BCUT2D eigenvalue weighted by Crippen LogP contribution is 2.23. The Morgan fingerprint density at radius 3 is 2.78 bits per heavy atom. The Morgan fingerprint density at radius 1 is 1.52 bits per heavy atom. The van der Waals surface area contributed by atoms with Gasteiger partial charge in [-0.05, 0) is 32.2 Å². The minimum atomic E-state index is -1.27. The van der Waals surface area contributed by atoms with Gasteiger partial charge < -0.3 is 14.5 Å². The van der Waals surface area contributed by atoms with Crippen molar-refractivity contribution in [2.75, 3.05) is 13.4 Å². The van der Waals surface area contributed by atoms with E-state index < -0.39 is 17.4 Å². The molecule has 0 saturated heterocycles. The van der Waals surface area contributed by atoms with Crippen LogP contribution in [0.4, 0.5) is 0 Å². The van der Waals surface area contributed by atoms with Crippen molar-refractivity contribution in [1.82, 2.24) is 15.1 Å². The monoisotopic (exact) mass is 337 g/mol. The van der Waals surface area contributed by atoms with Gasteiger partial charge in [-0.15, -0.1) is 0 Å². The summed E-state index contributed by atoms with van der Waals surface area (Å²) >= 11 is 1.40. The number of rotatable bonds is 6. The average molecular weight is 337 g/mol. The SMILES string of the molecule is COC(=O)C(C)(Cn1cccn1)NC(=O)c1oc(SC)cc1C. The Balaban J connectivity index is 2.24. The zero-order chi connectivity index (χ0) is 17.0. The number of thioether (sulfide) groups is 1. The van der Waals surface area contributed by atoms with Gasteiger partial charge in [0.05, 0.1) is 13.7 Å². The van der Waals surface area contributed by atoms with Gasteiger partial charge in [-0.3, -0.25) is 9.48 Å². The third kappa shape index (κ3) is 3.76. The Hall–Kier alpha value is -2.22. The third-order valence-corrected chi connectivity index (χ3v) is 3.97.